The van der Waals surface area contributed by atoms with Gasteiger partial charge in [0, 0.05) is 12.6 Å². The molecule has 0 bridgehead atoms. The largest absolute Gasteiger partial charge is 0.508 e. The van der Waals surface area contributed by atoms with Gasteiger partial charge in [0.25, 0.3) is 0 Å². The number of ether oxygens (including phenoxy) is 1. The number of primary amides is 1. The highest BCUT2D eigenvalue weighted by Crippen LogP contribution is 2.28. The fourth-order valence-electron chi connectivity index (χ4n) is 3.73. The number of carbonyl (C=O) groups is 4. The third kappa shape index (κ3) is 9.14. The molecule has 2 rings (SSSR count). The summed E-state index contributed by atoms with van der Waals surface area (Å²) in [6.07, 6.45) is -1.40. The first kappa shape index (κ1) is 29.2. The van der Waals surface area contributed by atoms with Gasteiger partial charge in [0.1, 0.15) is 23.4 Å². The van der Waals surface area contributed by atoms with Crippen molar-refractivity contribution in [2.75, 3.05) is 0 Å². The standard InChI is InChI=1S/C27H36N4O6/c1-17(2)31(25(35)21(15-22(28)33)30-26(36)37-27(3,4)5)23(19-12-9-13-20(32)14-19)24(34)29-16-18-10-7-6-8-11-18/h6-14,17,21,23,32H,15-16H2,1-5H3,(H2,28,33)(H,29,34)(H,30,36). The SMILES string of the molecule is CC(C)N(C(=O)C(CC(N)=O)NC(=O)OC(C)(C)C)C(C(=O)NCc1ccccc1)c1cccc(O)c1. The lowest BCUT2D eigenvalue weighted by Crippen LogP contribution is -2.55. The number of carbonyl (C=O) groups excluding carboxylic acids is 4. The molecule has 37 heavy (non-hydrogen) atoms. The first-order chi connectivity index (χ1) is 17.3. The van der Waals surface area contributed by atoms with E-state index in [-0.39, 0.29) is 12.3 Å². The van der Waals surface area contributed by atoms with Crippen molar-refractivity contribution in [2.24, 2.45) is 5.73 Å². The lowest BCUT2D eigenvalue weighted by atomic mass is 10.00. The fourth-order valence-corrected chi connectivity index (χ4v) is 3.73. The third-order valence-electron chi connectivity index (χ3n) is 5.23. The number of nitrogens with zero attached hydrogens (tertiary/aromatic N) is 1. The first-order valence-corrected chi connectivity index (χ1v) is 12.0. The van der Waals surface area contributed by atoms with Crippen LogP contribution in [0.15, 0.2) is 54.6 Å². The van der Waals surface area contributed by atoms with Gasteiger partial charge >= 0.3 is 6.09 Å². The molecule has 200 valence electrons. The summed E-state index contributed by atoms with van der Waals surface area (Å²) in [5.74, 6) is -2.12. The van der Waals surface area contributed by atoms with Crippen LogP contribution in [0, 0.1) is 0 Å². The van der Waals surface area contributed by atoms with Crippen LogP contribution in [-0.4, -0.2) is 51.5 Å². The number of nitrogens with one attached hydrogen (secondary N) is 2. The number of aromatic hydroxyl groups is 1. The molecule has 0 aliphatic carbocycles. The average molecular weight is 513 g/mol. The molecule has 2 atom stereocenters. The zero-order valence-corrected chi connectivity index (χ0v) is 21.9. The molecule has 0 radical (unpaired) electrons. The maximum atomic E-state index is 13.8. The third-order valence-corrected chi connectivity index (χ3v) is 5.23. The van der Waals surface area contributed by atoms with Crippen molar-refractivity contribution in [3.63, 3.8) is 0 Å². The molecule has 0 saturated carbocycles. The molecule has 0 fully saturated rings. The van der Waals surface area contributed by atoms with Crippen LogP contribution in [0.2, 0.25) is 0 Å². The van der Waals surface area contributed by atoms with Crippen LogP contribution in [0.4, 0.5) is 4.79 Å². The van der Waals surface area contributed by atoms with Crippen LogP contribution in [-0.2, 0) is 25.7 Å². The summed E-state index contributed by atoms with van der Waals surface area (Å²) in [6.45, 7) is 8.59. The van der Waals surface area contributed by atoms with Crippen molar-refractivity contribution in [3.05, 3.63) is 65.7 Å². The summed E-state index contributed by atoms with van der Waals surface area (Å²) in [7, 11) is 0. The average Bonchev–Trinajstić information content (AvgIpc) is 2.79. The molecule has 10 nitrogen and oxygen atoms in total. The van der Waals surface area contributed by atoms with Crippen LogP contribution in [0.5, 0.6) is 5.75 Å². The molecular formula is C27H36N4O6. The van der Waals surface area contributed by atoms with Crippen LogP contribution in [0.3, 0.4) is 0 Å². The molecular weight excluding hydrogens is 476 g/mol. The number of phenolic OH excluding ortho intramolecular Hbond substituents is 1. The number of amides is 4. The Balaban J connectivity index is 2.45. The molecule has 0 aromatic heterocycles. The van der Waals surface area contributed by atoms with E-state index in [4.69, 9.17) is 10.5 Å². The number of alkyl carbamates (subject to hydrolysis) is 1. The van der Waals surface area contributed by atoms with Gasteiger partial charge < -0.3 is 31.1 Å². The second-order valence-corrected chi connectivity index (χ2v) is 9.91. The molecule has 0 saturated heterocycles. The Kier molecular flexibility index (Phi) is 10.0. The van der Waals surface area contributed by atoms with Crippen LogP contribution in [0.25, 0.3) is 0 Å². The van der Waals surface area contributed by atoms with Gasteiger partial charge in [-0.25, -0.2) is 4.79 Å². The van der Waals surface area contributed by atoms with Gasteiger partial charge in [0.15, 0.2) is 0 Å². The lowest BCUT2D eigenvalue weighted by molar-refractivity contribution is -0.145. The van der Waals surface area contributed by atoms with Gasteiger partial charge in [-0.3, -0.25) is 14.4 Å². The van der Waals surface area contributed by atoms with E-state index in [0.717, 1.165) is 5.56 Å². The van der Waals surface area contributed by atoms with Crippen molar-refractivity contribution < 1.29 is 29.0 Å². The maximum absolute atomic E-state index is 13.8. The quantitative estimate of drug-likeness (QED) is 0.384. The van der Waals surface area contributed by atoms with E-state index in [0.29, 0.717) is 5.56 Å². The number of nitrogens with two attached hydrogens (primary N) is 1. The lowest BCUT2D eigenvalue weighted by Gasteiger charge is -2.37. The van der Waals surface area contributed by atoms with Crippen molar-refractivity contribution in [1.82, 2.24) is 15.5 Å². The zero-order chi connectivity index (χ0) is 27.8. The van der Waals surface area contributed by atoms with Gasteiger partial charge in [-0.1, -0.05) is 42.5 Å². The van der Waals surface area contributed by atoms with Crippen LogP contribution >= 0.6 is 0 Å². The second-order valence-electron chi connectivity index (χ2n) is 9.91. The summed E-state index contributed by atoms with van der Waals surface area (Å²) in [5.41, 5.74) is 5.73. The van der Waals surface area contributed by atoms with Crippen LogP contribution in [0.1, 0.15) is 58.2 Å². The van der Waals surface area contributed by atoms with E-state index in [9.17, 15) is 24.3 Å². The monoisotopic (exact) mass is 512 g/mol. The predicted molar refractivity (Wildman–Crippen MR) is 138 cm³/mol. The van der Waals surface area contributed by atoms with E-state index >= 15 is 0 Å². The Bertz CT molecular complexity index is 1100. The van der Waals surface area contributed by atoms with Crippen LogP contribution < -0.4 is 16.4 Å². The van der Waals surface area contributed by atoms with E-state index in [1.807, 2.05) is 30.3 Å². The number of hydrogen-bond acceptors (Lipinski definition) is 6. The van der Waals surface area contributed by atoms with Crippen molar-refractivity contribution in [1.29, 1.82) is 0 Å². The second kappa shape index (κ2) is 12.8. The van der Waals surface area contributed by atoms with E-state index in [1.54, 1.807) is 46.8 Å². The molecule has 0 heterocycles. The molecule has 0 aliphatic rings. The Morgan fingerprint density at radius 2 is 1.68 bits per heavy atom. The zero-order valence-electron chi connectivity index (χ0n) is 21.9. The van der Waals surface area contributed by atoms with Gasteiger partial charge in [-0.2, -0.15) is 0 Å². The van der Waals surface area contributed by atoms with Gasteiger partial charge in [-0.15, -0.1) is 0 Å². The highest BCUT2D eigenvalue weighted by Gasteiger charge is 2.38. The Hall–Kier alpha value is -4.08. The molecule has 2 aromatic carbocycles. The summed E-state index contributed by atoms with van der Waals surface area (Å²) in [4.78, 5) is 52.9. The summed E-state index contributed by atoms with van der Waals surface area (Å²) >= 11 is 0. The topological polar surface area (TPSA) is 151 Å². The molecule has 5 N–H and O–H groups in total. The molecule has 2 unspecified atom stereocenters. The summed E-state index contributed by atoms with van der Waals surface area (Å²) in [5, 5.41) is 15.4. The van der Waals surface area contributed by atoms with E-state index < -0.39 is 54.0 Å². The molecule has 4 amide bonds. The fraction of sp³-hybridized carbons (Fsp3) is 0.407. The summed E-state index contributed by atoms with van der Waals surface area (Å²) in [6, 6.07) is 12.1. The van der Waals surface area contributed by atoms with Crippen molar-refractivity contribution >= 4 is 23.8 Å². The van der Waals surface area contributed by atoms with E-state index in [2.05, 4.69) is 10.6 Å². The Morgan fingerprint density at radius 1 is 1.03 bits per heavy atom. The number of rotatable bonds is 10. The molecule has 0 spiro atoms. The highest BCUT2D eigenvalue weighted by molar-refractivity contribution is 5.94. The maximum Gasteiger partial charge on any atom is 0.408 e. The number of phenols is 1. The highest BCUT2D eigenvalue weighted by atomic mass is 16.6. The van der Waals surface area contributed by atoms with Gasteiger partial charge in [0.2, 0.25) is 17.7 Å². The Morgan fingerprint density at radius 3 is 2.22 bits per heavy atom. The molecule has 0 aliphatic heterocycles. The van der Waals surface area contributed by atoms with Gasteiger partial charge in [-0.05, 0) is 57.9 Å². The minimum absolute atomic E-state index is 0.0879. The van der Waals surface area contributed by atoms with Gasteiger partial charge in [0.05, 0.1) is 6.42 Å². The minimum Gasteiger partial charge on any atom is -0.508 e. The smallest absolute Gasteiger partial charge is 0.408 e. The van der Waals surface area contributed by atoms with E-state index in [1.165, 1.54) is 17.0 Å². The minimum atomic E-state index is -1.38. The predicted octanol–water partition coefficient (Wildman–Crippen LogP) is 2.76. The first-order valence-electron chi connectivity index (χ1n) is 12.0. The van der Waals surface area contributed by atoms with Crippen molar-refractivity contribution in [3.8, 4) is 5.75 Å². The molecule has 10 heteroatoms. The number of hydrogen-bond donors (Lipinski definition) is 4. The van der Waals surface area contributed by atoms with Crippen molar-refractivity contribution in [2.45, 2.75) is 71.3 Å². The molecule has 2 aromatic rings. The number of benzene rings is 2. The summed E-state index contributed by atoms with van der Waals surface area (Å²) < 4.78 is 5.25. The Labute approximate surface area is 217 Å². The normalized spacial score (nSPS) is 12.8.